The maximum absolute atomic E-state index is 12.7. The van der Waals surface area contributed by atoms with Crippen LogP contribution in [0.3, 0.4) is 0 Å². The van der Waals surface area contributed by atoms with Gasteiger partial charge in [-0.25, -0.2) is 0 Å². The van der Waals surface area contributed by atoms with Crippen LogP contribution in [0.15, 0.2) is 41.2 Å². The van der Waals surface area contributed by atoms with Gasteiger partial charge in [0.1, 0.15) is 11.4 Å². The second-order valence-corrected chi connectivity index (χ2v) is 6.69. The molecule has 7 heteroatoms. The summed E-state index contributed by atoms with van der Waals surface area (Å²) in [4.78, 5) is 21.1. The van der Waals surface area contributed by atoms with Crippen LogP contribution in [0, 0.1) is 0 Å². The zero-order valence-electron chi connectivity index (χ0n) is 15.2. The van der Waals surface area contributed by atoms with Crippen LogP contribution in [0.4, 0.5) is 5.69 Å². The van der Waals surface area contributed by atoms with Crippen molar-refractivity contribution in [3.8, 4) is 28.6 Å². The van der Waals surface area contributed by atoms with Crippen LogP contribution in [0.1, 0.15) is 43.5 Å². The molecular weight excluding hydrogens is 344 g/mol. The van der Waals surface area contributed by atoms with Crippen LogP contribution in [0.2, 0.25) is 0 Å². The second-order valence-electron chi connectivity index (χ2n) is 6.69. The van der Waals surface area contributed by atoms with E-state index in [2.05, 4.69) is 15.1 Å². The first kappa shape index (κ1) is 17.2. The number of nitrogens with zero attached hydrogens (tertiary/aromatic N) is 3. The first-order chi connectivity index (χ1) is 13.0. The molecule has 1 aliphatic heterocycles. The highest BCUT2D eigenvalue weighted by molar-refractivity contribution is 6.01. The molecule has 0 atom stereocenters. The van der Waals surface area contributed by atoms with Crippen molar-refractivity contribution in [3.63, 3.8) is 0 Å². The molecular formula is C20H20N4O3. The van der Waals surface area contributed by atoms with E-state index >= 15 is 0 Å². The lowest BCUT2D eigenvalue weighted by molar-refractivity contribution is 0.0350. The van der Waals surface area contributed by atoms with Crippen molar-refractivity contribution in [1.82, 2.24) is 15.1 Å². The van der Waals surface area contributed by atoms with Gasteiger partial charge in [-0.2, -0.15) is 4.98 Å². The fourth-order valence-electron chi connectivity index (χ4n) is 3.33. The number of benzene rings is 1. The molecule has 0 radical (unpaired) electrons. The lowest BCUT2D eigenvalue weighted by Crippen LogP contribution is -2.40. The van der Waals surface area contributed by atoms with Gasteiger partial charge in [0, 0.05) is 17.3 Å². The standard InChI is InChI=1S/C20H20N4O3/c1-3-20(4-2)10-16(25)14-9-12(5-6-17(14)26-20)19-23-18(24-27-19)13-7-8-22-11-15(13)21/h5-9,11H,3-4,10,21H2,1-2H3. The van der Waals surface area contributed by atoms with Gasteiger partial charge in [0.2, 0.25) is 5.82 Å². The predicted octanol–water partition coefficient (Wildman–Crippen LogP) is 3.90. The smallest absolute Gasteiger partial charge is 0.258 e. The number of ether oxygens (including phenoxy) is 1. The maximum atomic E-state index is 12.7. The number of nitrogens with two attached hydrogens (primary N) is 1. The Kier molecular flexibility index (Phi) is 4.14. The van der Waals surface area contributed by atoms with E-state index in [1.807, 2.05) is 19.9 Å². The van der Waals surface area contributed by atoms with Crippen molar-refractivity contribution in [2.24, 2.45) is 0 Å². The summed E-state index contributed by atoms with van der Waals surface area (Å²) < 4.78 is 11.5. The Hall–Kier alpha value is -3.22. The Morgan fingerprint density at radius 1 is 1.19 bits per heavy atom. The molecule has 0 spiro atoms. The molecule has 0 saturated heterocycles. The van der Waals surface area contributed by atoms with Crippen LogP contribution >= 0.6 is 0 Å². The summed E-state index contributed by atoms with van der Waals surface area (Å²) >= 11 is 0. The first-order valence-corrected chi connectivity index (χ1v) is 8.95. The third-order valence-electron chi connectivity index (χ3n) is 5.14. The van der Waals surface area contributed by atoms with E-state index in [1.165, 1.54) is 6.20 Å². The van der Waals surface area contributed by atoms with Crippen LogP contribution < -0.4 is 10.5 Å². The van der Waals surface area contributed by atoms with Gasteiger partial charge in [-0.3, -0.25) is 9.78 Å². The van der Waals surface area contributed by atoms with E-state index in [1.54, 1.807) is 24.4 Å². The molecule has 2 aromatic heterocycles. The SMILES string of the molecule is CCC1(CC)CC(=O)c2cc(-c3nc(-c4ccncc4N)no3)ccc2O1. The number of carbonyl (C=O) groups is 1. The average molecular weight is 364 g/mol. The molecule has 3 heterocycles. The lowest BCUT2D eigenvalue weighted by Gasteiger charge is -2.36. The fourth-order valence-corrected chi connectivity index (χ4v) is 3.33. The highest BCUT2D eigenvalue weighted by Gasteiger charge is 2.37. The Labute approximate surface area is 156 Å². The average Bonchev–Trinajstić information content (AvgIpc) is 3.18. The molecule has 138 valence electrons. The molecule has 0 aliphatic carbocycles. The molecule has 1 aromatic carbocycles. The highest BCUT2D eigenvalue weighted by Crippen LogP contribution is 2.39. The molecule has 0 bridgehead atoms. The minimum atomic E-state index is -0.415. The summed E-state index contributed by atoms with van der Waals surface area (Å²) in [5.74, 6) is 1.37. The van der Waals surface area contributed by atoms with Crippen LogP contribution in [0.5, 0.6) is 5.75 Å². The number of fused-ring (bicyclic) bond motifs is 1. The van der Waals surface area contributed by atoms with E-state index in [0.29, 0.717) is 46.3 Å². The number of pyridine rings is 1. The van der Waals surface area contributed by atoms with Crippen molar-refractivity contribution in [3.05, 3.63) is 42.2 Å². The molecule has 27 heavy (non-hydrogen) atoms. The number of nitrogen functional groups attached to an aromatic ring is 1. The largest absolute Gasteiger partial charge is 0.486 e. The fraction of sp³-hybridized carbons (Fsp3) is 0.300. The van der Waals surface area contributed by atoms with E-state index < -0.39 is 5.60 Å². The Morgan fingerprint density at radius 2 is 2.00 bits per heavy atom. The van der Waals surface area contributed by atoms with E-state index in [-0.39, 0.29) is 5.78 Å². The van der Waals surface area contributed by atoms with Gasteiger partial charge in [-0.1, -0.05) is 19.0 Å². The first-order valence-electron chi connectivity index (χ1n) is 8.95. The quantitative estimate of drug-likeness (QED) is 0.748. The monoisotopic (exact) mass is 364 g/mol. The van der Waals surface area contributed by atoms with Gasteiger partial charge >= 0.3 is 0 Å². The molecule has 4 rings (SSSR count). The lowest BCUT2D eigenvalue weighted by atomic mass is 9.85. The van der Waals surface area contributed by atoms with Crippen molar-refractivity contribution < 1.29 is 14.1 Å². The zero-order chi connectivity index (χ0) is 19.0. The number of ketones is 1. The molecule has 2 N–H and O–H groups in total. The number of rotatable bonds is 4. The van der Waals surface area contributed by atoms with Gasteiger partial charge in [-0.05, 0) is 37.1 Å². The highest BCUT2D eigenvalue weighted by atomic mass is 16.5. The van der Waals surface area contributed by atoms with E-state index in [0.717, 1.165) is 12.8 Å². The maximum Gasteiger partial charge on any atom is 0.258 e. The molecule has 0 unspecified atom stereocenters. The van der Waals surface area contributed by atoms with Gasteiger partial charge < -0.3 is 15.0 Å². The summed E-state index contributed by atoms with van der Waals surface area (Å²) in [6.45, 7) is 4.09. The van der Waals surface area contributed by atoms with Gasteiger partial charge in [-0.15, -0.1) is 0 Å². The molecule has 0 saturated carbocycles. The number of anilines is 1. The summed E-state index contributed by atoms with van der Waals surface area (Å²) in [5.41, 5.74) is 7.83. The summed E-state index contributed by atoms with van der Waals surface area (Å²) in [5, 5.41) is 3.99. The Morgan fingerprint density at radius 3 is 2.74 bits per heavy atom. The minimum absolute atomic E-state index is 0.0694. The van der Waals surface area contributed by atoms with Crippen LogP contribution in [0.25, 0.3) is 22.8 Å². The van der Waals surface area contributed by atoms with Gasteiger partial charge in [0.15, 0.2) is 5.78 Å². The van der Waals surface area contributed by atoms with Gasteiger partial charge in [0.05, 0.1) is 23.9 Å². The second kappa shape index (κ2) is 6.50. The molecule has 0 amide bonds. The van der Waals surface area contributed by atoms with E-state index in [4.69, 9.17) is 15.0 Å². The number of hydrogen-bond donors (Lipinski definition) is 1. The predicted molar refractivity (Wildman–Crippen MR) is 100 cm³/mol. The topological polar surface area (TPSA) is 104 Å². The summed E-state index contributed by atoms with van der Waals surface area (Å²) in [6, 6.07) is 7.09. The normalized spacial score (nSPS) is 15.3. The van der Waals surface area contributed by atoms with Crippen molar-refractivity contribution >= 4 is 11.5 Å². The van der Waals surface area contributed by atoms with Crippen LogP contribution in [-0.2, 0) is 0 Å². The number of aromatic nitrogens is 3. The van der Waals surface area contributed by atoms with Crippen molar-refractivity contribution in [1.29, 1.82) is 0 Å². The van der Waals surface area contributed by atoms with E-state index in [9.17, 15) is 4.79 Å². The number of Topliss-reactive ketones (excluding diaryl/α,β-unsaturated/α-hetero) is 1. The molecule has 7 nitrogen and oxygen atoms in total. The molecule has 1 aliphatic rings. The van der Waals surface area contributed by atoms with Gasteiger partial charge in [0.25, 0.3) is 5.89 Å². The summed E-state index contributed by atoms with van der Waals surface area (Å²) in [6.07, 6.45) is 5.10. The molecule has 0 fully saturated rings. The Balaban J connectivity index is 1.69. The molecule has 3 aromatic rings. The van der Waals surface area contributed by atoms with Crippen LogP contribution in [-0.4, -0.2) is 26.5 Å². The Bertz CT molecular complexity index is 1010. The third kappa shape index (κ3) is 2.95. The number of carbonyl (C=O) groups excluding carboxylic acids is 1. The minimum Gasteiger partial charge on any atom is -0.486 e. The van der Waals surface area contributed by atoms with Crippen molar-refractivity contribution in [2.75, 3.05) is 5.73 Å². The van der Waals surface area contributed by atoms with Crippen molar-refractivity contribution in [2.45, 2.75) is 38.7 Å². The third-order valence-corrected chi connectivity index (χ3v) is 5.14. The zero-order valence-corrected chi connectivity index (χ0v) is 15.2. The number of hydrogen-bond acceptors (Lipinski definition) is 7. The summed E-state index contributed by atoms with van der Waals surface area (Å²) in [7, 11) is 0.